The number of nitrogens with zero attached hydrogens (tertiary/aromatic N) is 2. The lowest BCUT2D eigenvalue weighted by Gasteiger charge is -2.29. The molecule has 1 heterocycles. The van der Waals surface area contributed by atoms with Gasteiger partial charge in [-0.1, -0.05) is 0 Å². The third kappa shape index (κ3) is 2.77. The second-order valence-corrected chi connectivity index (χ2v) is 5.90. The number of aryl methyl sites for hydroxylation is 1. The third-order valence-electron chi connectivity index (χ3n) is 3.40. The normalized spacial score (nSPS) is 20.6. The van der Waals surface area contributed by atoms with Gasteiger partial charge in [0.05, 0.1) is 4.92 Å². The summed E-state index contributed by atoms with van der Waals surface area (Å²) in [5.41, 5.74) is 2.05. The lowest BCUT2D eigenvalue weighted by atomic mass is 10.1. The predicted molar refractivity (Wildman–Crippen MR) is 76.6 cm³/mol. The lowest BCUT2D eigenvalue weighted by molar-refractivity contribution is -0.385. The molecule has 1 atom stereocenters. The minimum absolute atomic E-state index is 0.204. The first-order valence-electron chi connectivity index (χ1n) is 6.19. The summed E-state index contributed by atoms with van der Waals surface area (Å²) >= 11 is 1.98. The largest absolute Gasteiger partial charge is 0.368 e. The molecule has 1 aromatic rings. The van der Waals surface area contributed by atoms with E-state index in [9.17, 15) is 10.1 Å². The van der Waals surface area contributed by atoms with Crippen molar-refractivity contribution >= 4 is 23.1 Å². The number of anilines is 1. The van der Waals surface area contributed by atoms with Crippen molar-refractivity contribution in [3.63, 3.8) is 0 Å². The molecule has 1 aliphatic heterocycles. The van der Waals surface area contributed by atoms with Gasteiger partial charge < -0.3 is 4.90 Å². The minimum Gasteiger partial charge on any atom is -0.368 e. The maximum absolute atomic E-state index is 10.8. The highest BCUT2D eigenvalue weighted by Crippen LogP contribution is 2.28. The van der Waals surface area contributed by atoms with Crippen molar-refractivity contribution < 1.29 is 4.92 Å². The standard InChI is InChI=1S/C13H18N2O2S/c1-10-9-12(3-4-13(10)15(16)17)14-6-8-18-7-5-11(14)2/h3-4,9,11H,5-8H2,1-2H3. The molecule has 0 amide bonds. The molecule has 1 aromatic carbocycles. The molecule has 0 saturated carbocycles. The molecule has 1 unspecified atom stereocenters. The first-order chi connectivity index (χ1) is 8.59. The van der Waals surface area contributed by atoms with Gasteiger partial charge in [0, 0.05) is 35.7 Å². The third-order valence-corrected chi connectivity index (χ3v) is 4.39. The van der Waals surface area contributed by atoms with Crippen LogP contribution in [0, 0.1) is 17.0 Å². The Hall–Kier alpha value is -1.23. The molecular weight excluding hydrogens is 248 g/mol. The zero-order valence-corrected chi connectivity index (χ0v) is 11.6. The zero-order valence-electron chi connectivity index (χ0n) is 10.8. The number of hydrogen-bond acceptors (Lipinski definition) is 4. The minimum atomic E-state index is -0.319. The zero-order chi connectivity index (χ0) is 13.1. The van der Waals surface area contributed by atoms with Gasteiger partial charge in [-0.2, -0.15) is 11.8 Å². The highest BCUT2D eigenvalue weighted by Gasteiger charge is 2.19. The Morgan fingerprint density at radius 2 is 2.22 bits per heavy atom. The van der Waals surface area contributed by atoms with Gasteiger partial charge in [0.2, 0.25) is 0 Å². The smallest absolute Gasteiger partial charge is 0.272 e. The first kappa shape index (κ1) is 13.2. The van der Waals surface area contributed by atoms with Crippen molar-refractivity contribution in [2.45, 2.75) is 26.3 Å². The molecule has 1 fully saturated rings. The first-order valence-corrected chi connectivity index (χ1v) is 7.34. The number of nitro groups is 1. The van der Waals surface area contributed by atoms with Gasteiger partial charge in [0.25, 0.3) is 5.69 Å². The topological polar surface area (TPSA) is 46.4 Å². The number of thioether (sulfide) groups is 1. The average molecular weight is 266 g/mol. The predicted octanol–water partition coefficient (Wildman–Crippen LogP) is 3.24. The van der Waals surface area contributed by atoms with E-state index in [1.165, 1.54) is 12.2 Å². The Kier molecular flexibility index (Phi) is 4.11. The summed E-state index contributed by atoms with van der Waals surface area (Å²) in [5, 5.41) is 10.8. The molecule has 0 bridgehead atoms. The SMILES string of the molecule is Cc1cc(N2CCSCCC2C)ccc1[N+](=O)[O-]. The van der Waals surface area contributed by atoms with E-state index in [4.69, 9.17) is 0 Å². The molecule has 4 nitrogen and oxygen atoms in total. The Balaban J connectivity index is 2.27. The summed E-state index contributed by atoms with van der Waals surface area (Å²) in [6.45, 7) is 5.05. The van der Waals surface area contributed by atoms with Crippen LogP contribution in [-0.4, -0.2) is 29.0 Å². The van der Waals surface area contributed by atoms with E-state index in [1.54, 1.807) is 13.0 Å². The number of benzene rings is 1. The van der Waals surface area contributed by atoms with E-state index in [1.807, 2.05) is 23.9 Å². The van der Waals surface area contributed by atoms with E-state index >= 15 is 0 Å². The second-order valence-electron chi connectivity index (χ2n) is 4.67. The van der Waals surface area contributed by atoms with E-state index in [0.29, 0.717) is 6.04 Å². The van der Waals surface area contributed by atoms with Gasteiger partial charge in [-0.05, 0) is 38.2 Å². The maximum atomic E-state index is 10.8. The molecule has 0 N–H and O–H groups in total. The van der Waals surface area contributed by atoms with Crippen molar-refractivity contribution in [3.8, 4) is 0 Å². The Bertz CT molecular complexity index is 451. The van der Waals surface area contributed by atoms with Gasteiger partial charge in [-0.25, -0.2) is 0 Å². The van der Waals surface area contributed by atoms with Crippen molar-refractivity contribution in [1.82, 2.24) is 0 Å². The fraction of sp³-hybridized carbons (Fsp3) is 0.538. The molecule has 2 rings (SSSR count). The summed E-state index contributed by atoms with van der Waals surface area (Å²) in [4.78, 5) is 12.9. The molecule has 1 aliphatic rings. The van der Waals surface area contributed by atoms with Crippen LogP contribution in [0.5, 0.6) is 0 Å². The Morgan fingerprint density at radius 3 is 2.89 bits per heavy atom. The van der Waals surface area contributed by atoms with Crippen LogP contribution >= 0.6 is 11.8 Å². The summed E-state index contributed by atoms with van der Waals surface area (Å²) in [7, 11) is 0. The van der Waals surface area contributed by atoms with Crippen molar-refractivity contribution in [1.29, 1.82) is 0 Å². The molecule has 98 valence electrons. The summed E-state index contributed by atoms with van der Waals surface area (Å²) < 4.78 is 0. The van der Waals surface area contributed by atoms with Crippen LogP contribution in [-0.2, 0) is 0 Å². The Labute approximate surface area is 112 Å². The highest BCUT2D eigenvalue weighted by atomic mass is 32.2. The van der Waals surface area contributed by atoms with Gasteiger partial charge in [-0.3, -0.25) is 10.1 Å². The van der Waals surface area contributed by atoms with Crippen LogP contribution in [0.2, 0.25) is 0 Å². The molecule has 0 aliphatic carbocycles. The van der Waals surface area contributed by atoms with E-state index in [0.717, 1.165) is 23.5 Å². The van der Waals surface area contributed by atoms with Crippen LogP contribution in [0.25, 0.3) is 0 Å². The second kappa shape index (κ2) is 5.61. The Morgan fingerprint density at radius 1 is 1.44 bits per heavy atom. The summed E-state index contributed by atoms with van der Waals surface area (Å²) in [5.74, 6) is 2.32. The van der Waals surface area contributed by atoms with Gasteiger partial charge in [-0.15, -0.1) is 0 Å². The van der Waals surface area contributed by atoms with Crippen LogP contribution in [0.4, 0.5) is 11.4 Å². The van der Waals surface area contributed by atoms with E-state index < -0.39 is 0 Å². The fourth-order valence-electron chi connectivity index (χ4n) is 2.30. The van der Waals surface area contributed by atoms with Crippen LogP contribution in [0.3, 0.4) is 0 Å². The van der Waals surface area contributed by atoms with Gasteiger partial charge in [0.15, 0.2) is 0 Å². The maximum Gasteiger partial charge on any atom is 0.272 e. The van der Waals surface area contributed by atoms with Crippen LogP contribution < -0.4 is 4.90 Å². The van der Waals surface area contributed by atoms with Crippen molar-refractivity contribution in [2.75, 3.05) is 23.0 Å². The molecule has 0 spiro atoms. The monoisotopic (exact) mass is 266 g/mol. The van der Waals surface area contributed by atoms with Crippen LogP contribution in [0.15, 0.2) is 18.2 Å². The van der Waals surface area contributed by atoms with Crippen molar-refractivity contribution in [3.05, 3.63) is 33.9 Å². The molecular formula is C13H18N2O2S. The molecule has 5 heteroatoms. The number of nitro benzene ring substituents is 1. The van der Waals surface area contributed by atoms with E-state index in [-0.39, 0.29) is 10.6 Å². The highest BCUT2D eigenvalue weighted by molar-refractivity contribution is 7.99. The lowest BCUT2D eigenvalue weighted by Crippen LogP contribution is -2.33. The van der Waals surface area contributed by atoms with Gasteiger partial charge in [0.1, 0.15) is 0 Å². The van der Waals surface area contributed by atoms with Crippen LogP contribution in [0.1, 0.15) is 18.9 Å². The van der Waals surface area contributed by atoms with Gasteiger partial charge >= 0.3 is 0 Å². The summed E-state index contributed by atoms with van der Waals surface area (Å²) in [6.07, 6.45) is 1.17. The quantitative estimate of drug-likeness (QED) is 0.609. The molecule has 0 radical (unpaired) electrons. The molecule has 18 heavy (non-hydrogen) atoms. The number of hydrogen-bond donors (Lipinski definition) is 0. The van der Waals surface area contributed by atoms with Crippen molar-refractivity contribution in [2.24, 2.45) is 0 Å². The molecule has 0 aromatic heterocycles. The summed E-state index contributed by atoms with van der Waals surface area (Å²) in [6, 6.07) is 5.93. The fourth-order valence-corrected chi connectivity index (χ4v) is 3.34. The van der Waals surface area contributed by atoms with E-state index in [2.05, 4.69) is 11.8 Å². The number of rotatable bonds is 2. The average Bonchev–Trinajstić information content (AvgIpc) is 2.53. The molecule has 1 saturated heterocycles.